The number of amides is 4. The van der Waals surface area contributed by atoms with E-state index in [9.17, 15) is 23.6 Å². The highest BCUT2D eigenvalue weighted by Crippen LogP contribution is 2.28. The number of nitrogens with two attached hydrogens (primary N) is 1. The molecule has 0 bridgehead atoms. The first-order valence-electron chi connectivity index (χ1n) is 9.07. The number of hydrogen-bond donors (Lipinski definition) is 2. The van der Waals surface area contributed by atoms with E-state index in [1.54, 1.807) is 11.0 Å². The van der Waals surface area contributed by atoms with Crippen molar-refractivity contribution in [3.8, 4) is 0 Å². The van der Waals surface area contributed by atoms with Crippen molar-refractivity contribution in [1.82, 2.24) is 10.2 Å². The van der Waals surface area contributed by atoms with Crippen LogP contribution < -0.4 is 20.9 Å². The van der Waals surface area contributed by atoms with E-state index >= 15 is 0 Å². The van der Waals surface area contributed by atoms with E-state index in [4.69, 9.17) is 10.5 Å². The van der Waals surface area contributed by atoms with Crippen LogP contribution in [0.15, 0.2) is 18.2 Å². The Morgan fingerprint density at radius 3 is 2.69 bits per heavy atom. The molecular weight excluding hydrogens is 385 g/mol. The molecule has 1 atom stereocenters. The second-order valence-corrected chi connectivity index (χ2v) is 6.89. The molecule has 29 heavy (non-hydrogen) atoms. The third-order valence-corrected chi connectivity index (χ3v) is 4.70. The maximum atomic E-state index is 14.7. The van der Waals surface area contributed by atoms with Gasteiger partial charge in [-0.2, -0.15) is 0 Å². The summed E-state index contributed by atoms with van der Waals surface area (Å²) in [5, 5.41) is 2.57. The molecule has 3 N–H and O–H groups in total. The summed E-state index contributed by atoms with van der Waals surface area (Å²) in [4.78, 5) is 50.4. The van der Waals surface area contributed by atoms with Crippen LogP contribution in [0.4, 0.5) is 20.6 Å². The molecule has 2 fully saturated rings. The Balaban J connectivity index is 1.66. The third-order valence-electron chi connectivity index (χ3n) is 4.70. The molecule has 1 aromatic carbocycles. The molecule has 2 aliphatic rings. The minimum absolute atomic E-state index is 0.0753. The Labute approximate surface area is 166 Å². The van der Waals surface area contributed by atoms with Gasteiger partial charge in [0.2, 0.25) is 17.7 Å². The fourth-order valence-electron chi connectivity index (χ4n) is 3.29. The van der Waals surface area contributed by atoms with E-state index in [-0.39, 0.29) is 50.2 Å². The van der Waals surface area contributed by atoms with E-state index < -0.39 is 23.9 Å². The summed E-state index contributed by atoms with van der Waals surface area (Å²) < 4.78 is 19.9. The van der Waals surface area contributed by atoms with Gasteiger partial charge < -0.3 is 25.6 Å². The number of ether oxygens (including phenoxy) is 1. The number of hydrogen-bond acceptors (Lipinski definition) is 6. The van der Waals surface area contributed by atoms with Crippen LogP contribution in [0.25, 0.3) is 0 Å². The van der Waals surface area contributed by atoms with Crippen LogP contribution in [-0.2, 0) is 19.1 Å². The number of cyclic esters (lactones) is 1. The van der Waals surface area contributed by atoms with Crippen molar-refractivity contribution in [2.24, 2.45) is 5.73 Å². The molecule has 10 nitrogen and oxygen atoms in total. The SMILES string of the molecule is CC(=O)NC[C@H]1CN(c2ccc(N3CCN(CC(N)=O)C(=O)C3)c(F)c2)C(=O)O1. The molecule has 0 radical (unpaired) electrons. The zero-order valence-electron chi connectivity index (χ0n) is 15.9. The monoisotopic (exact) mass is 407 g/mol. The van der Waals surface area contributed by atoms with Gasteiger partial charge in [-0.1, -0.05) is 0 Å². The molecule has 1 aromatic rings. The number of piperazine rings is 1. The Bertz CT molecular complexity index is 848. The summed E-state index contributed by atoms with van der Waals surface area (Å²) in [7, 11) is 0. The maximum absolute atomic E-state index is 14.7. The number of carbonyl (C=O) groups excluding carboxylic acids is 4. The molecule has 0 saturated carbocycles. The summed E-state index contributed by atoms with van der Waals surface area (Å²) in [6.45, 7) is 2.09. The van der Waals surface area contributed by atoms with E-state index in [0.29, 0.717) is 12.2 Å². The molecular formula is C18H22FN5O5. The largest absolute Gasteiger partial charge is 0.442 e. The van der Waals surface area contributed by atoms with Crippen LogP contribution in [0.1, 0.15) is 6.92 Å². The summed E-state index contributed by atoms with van der Waals surface area (Å²) in [5.74, 6) is -1.74. The van der Waals surface area contributed by atoms with Gasteiger partial charge in [-0.3, -0.25) is 19.3 Å². The van der Waals surface area contributed by atoms with Gasteiger partial charge in [-0.05, 0) is 18.2 Å². The van der Waals surface area contributed by atoms with Crippen LogP contribution in [0, 0.1) is 5.82 Å². The highest BCUT2D eigenvalue weighted by atomic mass is 19.1. The summed E-state index contributed by atoms with van der Waals surface area (Å²) in [6.07, 6.45) is -1.15. The zero-order chi connectivity index (χ0) is 21.1. The number of carbonyl (C=O) groups is 4. The molecule has 3 rings (SSSR count). The van der Waals surface area contributed by atoms with Gasteiger partial charge in [0.05, 0.1) is 37.6 Å². The predicted octanol–water partition coefficient (Wildman–Crippen LogP) is -0.579. The fraction of sp³-hybridized carbons (Fsp3) is 0.444. The normalized spacial score (nSPS) is 19.4. The molecule has 2 aliphatic heterocycles. The molecule has 0 spiro atoms. The predicted molar refractivity (Wildman–Crippen MR) is 101 cm³/mol. The maximum Gasteiger partial charge on any atom is 0.414 e. The molecule has 0 aromatic heterocycles. The average molecular weight is 407 g/mol. The Morgan fingerprint density at radius 2 is 2.07 bits per heavy atom. The van der Waals surface area contributed by atoms with Gasteiger partial charge in [-0.25, -0.2) is 9.18 Å². The smallest absolute Gasteiger partial charge is 0.414 e. The second kappa shape index (κ2) is 8.33. The summed E-state index contributed by atoms with van der Waals surface area (Å²) in [6, 6.07) is 4.27. The van der Waals surface area contributed by atoms with Gasteiger partial charge in [0.15, 0.2) is 0 Å². The number of halogens is 1. The molecule has 156 valence electrons. The van der Waals surface area contributed by atoms with Crippen molar-refractivity contribution in [1.29, 1.82) is 0 Å². The first-order chi connectivity index (χ1) is 13.7. The molecule has 0 unspecified atom stereocenters. The van der Waals surface area contributed by atoms with Gasteiger partial charge >= 0.3 is 6.09 Å². The van der Waals surface area contributed by atoms with E-state index in [1.165, 1.54) is 28.9 Å². The Hall–Kier alpha value is -3.37. The van der Waals surface area contributed by atoms with Crippen molar-refractivity contribution in [2.45, 2.75) is 13.0 Å². The molecule has 2 heterocycles. The van der Waals surface area contributed by atoms with Gasteiger partial charge in [0, 0.05) is 20.0 Å². The number of benzene rings is 1. The number of anilines is 2. The van der Waals surface area contributed by atoms with Crippen LogP contribution in [0.2, 0.25) is 0 Å². The lowest BCUT2D eigenvalue weighted by Crippen LogP contribution is -2.52. The van der Waals surface area contributed by atoms with Crippen molar-refractivity contribution >= 4 is 35.2 Å². The number of nitrogens with one attached hydrogen (secondary N) is 1. The molecule has 11 heteroatoms. The quantitative estimate of drug-likeness (QED) is 0.650. The van der Waals surface area contributed by atoms with Crippen LogP contribution in [0.3, 0.4) is 0 Å². The van der Waals surface area contributed by atoms with Crippen molar-refractivity contribution in [2.75, 3.05) is 49.1 Å². The van der Waals surface area contributed by atoms with Crippen molar-refractivity contribution in [3.63, 3.8) is 0 Å². The number of primary amides is 1. The number of rotatable bonds is 6. The first kappa shape index (κ1) is 20.4. The lowest BCUT2D eigenvalue weighted by molar-refractivity contribution is -0.135. The highest BCUT2D eigenvalue weighted by Gasteiger charge is 2.33. The summed E-state index contributed by atoms with van der Waals surface area (Å²) in [5.41, 5.74) is 5.66. The van der Waals surface area contributed by atoms with Crippen LogP contribution in [-0.4, -0.2) is 74.1 Å². The average Bonchev–Trinajstić information content (AvgIpc) is 3.02. The van der Waals surface area contributed by atoms with Gasteiger partial charge in [0.1, 0.15) is 11.9 Å². The van der Waals surface area contributed by atoms with Crippen molar-refractivity contribution in [3.05, 3.63) is 24.0 Å². The first-order valence-corrected chi connectivity index (χ1v) is 9.07. The van der Waals surface area contributed by atoms with E-state index in [1.807, 2.05) is 0 Å². The minimum atomic E-state index is -0.622. The second-order valence-electron chi connectivity index (χ2n) is 6.89. The molecule has 4 amide bonds. The topological polar surface area (TPSA) is 125 Å². The standard InChI is InChI=1S/C18H22FN5O5/c1-11(25)21-7-13-8-24(18(28)29-13)12-2-3-15(14(19)6-12)22-4-5-23(9-16(20)26)17(27)10-22/h2-3,6,13H,4-5,7-10H2,1H3,(H2,20,26)(H,21,25)/t13-/m0/s1. The molecule has 2 saturated heterocycles. The third kappa shape index (κ3) is 4.73. The Kier molecular flexibility index (Phi) is 5.85. The molecule has 0 aliphatic carbocycles. The Morgan fingerprint density at radius 1 is 1.31 bits per heavy atom. The minimum Gasteiger partial charge on any atom is -0.442 e. The van der Waals surface area contributed by atoms with Gasteiger partial charge in [-0.15, -0.1) is 0 Å². The van der Waals surface area contributed by atoms with Gasteiger partial charge in [0.25, 0.3) is 0 Å². The van der Waals surface area contributed by atoms with E-state index in [0.717, 1.165) is 0 Å². The van der Waals surface area contributed by atoms with Crippen molar-refractivity contribution < 1.29 is 28.3 Å². The lowest BCUT2D eigenvalue weighted by Gasteiger charge is -2.35. The lowest BCUT2D eigenvalue weighted by atomic mass is 10.2. The fourth-order valence-corrected chi connectivity index (χ4v) is 3.29. The van der Waals surface area contributed by atoms with E-state index in [2.05, 4.69) is 5.32 Å². The zero-order valence-corrected chi connectivity index (χ0v) is 15.9. The highest BCUT2D eigenvalue weighted by molar-refractivity contribution is 5.90. The van der Waals surface area contributed by atoms with Crippen LogP contribution >= 0.6 is 0 Å². The summed E-state index contributed by atoms with van der Waals surface area (Å²) >= 11 is 0. The van der Waals surface area contributed by atoms with Crippen LogP contribution in [0.5, 0.6) is 0 Å². The number of nitrogens with zero attached hydrogens (tertiary/aromatic N) is 3.